The zero-order valence-corrected chi connectivity index (χ0v) is 11.8. The van der Waals surface area contributed by atoms with E-state index in [4.69, 9.17) is 0 Å². The maximum atomic E-state index is 11.5. The van der Waals surface area contributed by atoms with Gasteiger partial charge in [-0.1, -0.05) is 12.1 Å². The number of carboxylic acids is 2. The Morgan fingerprint density at radius 1 is 0.900 bits per heavy atom. The smallest absolute Gasteiger partial charge is 0.336 e. The fraction of sp³-hybridized carbons (Fsp3) is 0.250. The van der Waals surface area contributed by atoms with Crippen molar-refractivity contribution in [2.45, 2.75) is 27.7 Å². The Morgan fingerprint density at radius 2 is 1.30 bits per heavy atom. The number of aryl methyl sites for hydroxylation is 2. The quantitative estimate of drug-likeness (QED) is 0.907. The van der Waals surface area contributed by atoms with Crippen LogP contribution in [0.4, 0.5) is 0 Å². The Morgan fingerprint density at radius 3 is 1.70 bits per heavy atom. The lowest BCUT2D eigenvalue weighted by molar-refractivity contribution is -0.254. The highest BCUT2D eigenvalue weighted by molar-refractivity contribution is 6.13. The fourth-order valence-electron chi connectivity index (χ4n) is 2.55. The van der Waals surface area contributed by atoms with E-state index in [1.807, 2.05) is 13.8 Å². The highest BCUT2D eigenvalue weighted by atomic mass is 16.4. The minimum absolute atomic E-state index is 0.0746. The average Bonchev–Trinajstić information content (AvgIpc) is 2.32. The standard InChI is InChI=1S/C16H16O4/c1-7-5-11-12(6-8(7)2)14(16(19)20)10(4)9(3)13(11)15(17)18/h5-6H,1-4H3,(H,17,18)(H,19,20)/p-1. The molecule has 1 N–H and O–H groups in total. The summed E-state index contributed by atoms with van der Waals surface area (Å²) in [6.07, 6.45) is 0. The van der Waals surface area contributed by atoms with Crippen molar-refractivity contribution < 1.29 is 19.8 Å². The molecule has 0 aliphatic rings. The van der Waals surface area contributed by atoms with Crippen molar-refractivity contribution in [3.8, 4) is 0 Å². The number of aromatic carboxylic acids is 2. The summed E-state index contributed by atoms with van der Waals surface area (Å²) in [4.78, 5) is 22.9. The molecule has 2 aromatic rings. The summed E-state index contributed by atoms with van der Waals surface area (Å²) >= 11 is 0. The molecule has 0 bridgehead atoms. The molecule has 0 aliphatic carbocycles. The first-order valence-electron chi connectivity index (χ1n) is 6.24. The molecule has 0 unspecified atom stereocenters. The molecular weight excluding hydrogens is 256 g/mol. The Bertz CT molecular complexity index is 693. The third-order valence-electron chi connectivity index (χ3n) is 3.90. The van der Waals surface area contributed by atoms with Crippen LogP contribution in [0.15, 0.2) is 12.1 Å². The van der Waals surface area contributed by atoms with Crippen LogP contribution in [0, 0.1) is 27.7 Å². The fourth-order valence-corrected chi connectivity index (χ4v) is 2.55. The van der Waals surface area contributed by atoms with Crippen molar-refractivity contribution in [1.82, 2.24) is 0 Å². The van der Waals surface area contributed by atoms with E-state index in [2.05, 4.69) is 0 Å². The lowest BCUT2D eigenvalue weighted by atomic mass is 9.88. The zero-order chi connectivity index (χ0) is 15.2. The van der Waals surface area contributed by atoms with Gasteiger partial charge in [0.15, 0.2) is 0 Å². The molecule has 4 nitrogen and oxygen atoms in total. The molecule has 0 fully saturated rings. The van der Waals surface area contributed by atoms with E-state index in [9.17, 15) is 19.8 Å². The molecule has 104 valence electrons. The van der Waals surface area contributed by atoms with Gasteiger partial charge in [-0.3, -0.25) is 0 Å². The van der Waals surface area contributed by atoms with Crippen molar-refractivity contribution in [3.05, 3.63) is 45.5 Å². The van der Waals surface area contributed by atoms with Crippen LogP contribution in [0.1, 0.15) is 43.0 Å². The molecule has 0 saturated heterocycles. The van der Waals surface area contributed by atoms with E-state index in [0.29, 0.717) is 21.9 Å². The lowest BCUT2D eigenvalue weighted by Crippen LogP contribution is -2.24. The predicted octanol–water partition coefficient (Wildman–Crippen LogP) is 2.14. The Labute approximate surface area is 116 Å². The van der Waals surface area contributed by atoms with Crippen molar-refractivity contribution in [3.63, 3.8) is 0 Å². The van der Waals surface area contributed by atoms with Gasteiger partial charge in [-0.15, -0.1) is 0 Å². The highest BCUT2D eigenvalue weighted by Gasteiger charge is 2.19. The summed E-state index contributed by atoms with van der Waals surface area (Å²) in [6, 6.07) is 3.45. The molecule has 4 heteroatoms. The topological polar surface area (TPSA) is 77.4 Å². The number of hydrogen-bond donors (Lipinski definition) is 1. The molecule has 0 spiro atoms. The minimum atomic E-state index is -1.28. The number of rotatable bonds is 2. The van der Waals surface area contributed by atoms with E-state index in [-0.39, 0.29) is 11.1 Å². The molecule has 0 atom stereocenters. The first kappa shape index (κ1) is 14.1. The van der Waals surface area contributed by atoms with E-state index in [0.717, 1.165) is 11.1 Å². The number of hydrogen-bond acceptors (Lipinski definition) is 3. The largest absolute Gasteiger partial charge is 0.545 e. The minimum Gasteiger partial charge on any atom is -0.545 e. The van der Waals surface area contributed by atoms with Gasteiger partial charge in [-0.2, -0.15) is 0 Å². The van der Waals surface area contributed by atoms with Gasteiger partial charge >= 0.3 is 5.97 Å². The maximum Gasteiger partial charge on any atom is 0.336 e. The first-order chi connectivity index (χ1) is 9.25. The summed E-state index contributed by atoms with van der Waals surface area (Å²) in [5, 5.41) is 21.7. The Hall–Kier alpha value is -2.36. The third kappa shape index (κ3) is 1.93. The second kappa shape index (κ2) is 4.63. The molecule has 0 amide bonds. The normalized spacial score (nSPS) is 10.8. The van der Waals surface area contributed by atoms with Crippen molar-refractivity contribution in [2.75, 3.05) is 0 Å². The second-order valence-electron chi connectivity index (χ2n) is 5.07. The Balaban J connectivity index is 3.13. The number of carboxylic acid groups (broad SMARTS) is 2. The molecule has 2 rings (SSSR count). The van der Waals surface area contributed by atoms with Gasteiger partial charge in [0.2, 0.25) is 0 Å². The van der Waals surface area contributed by atoms with Gasteiger partial charge < -0.3 is 15.0 Å². The van der Waals surface area contributed by atoms with Crippen LogP contribution in [0.5, 0.6) is 0 Å². The summed E-state index contributed by atoms with van der Waals surface area (Å²) in [5.41, 5.74) is 2.98. The van der Waals surface area contributed by atoms with Crippen LogP contribution in [0.25, 0.3) is 10.8 Å². The van der Waals surface area contributed by atoms with Crippen LogP contribution in [0.2, 0.25) is 0 Å². The Kier molecular flexibility index (Phi) is 3.26. The van der Waals surface area contributed by atoms with Gasteiger partial charge in [0.25, 0.3) is 0 Å². The molecule has 0 aliphatic heterocycles. The van der Waals surface area contributed by atoms with Gasteiger partial charge in [-0.05, 0) is 60.7 Å². The predicted molar refractivity (Wildman–Crippen MR) is 74.2 cm³/mol. The van der Waals surface area contributed by atoms with Crippen LogP contribution in [-0.2, 0) is 0 Å². The van der Waals surface area contributed by atoms with Gasteiger partial charge in [0.05, 0.1) is 11.5 Å². The molecule has 0 radical (unpaired) electrons. The number of benzene rings is 2. The van der Waals surface area contributed by atoms with E-state index in [1.54, 1.807) is 26.0 Å². The van der Waals surface area contributed by atoms with Gasteiger partial charge in [0, 0.05) is 5.56 Å². The average molecular weight is 271 g/mol. The van der Waals surface area contributed by atoms with Gasteiger partial charge in [0.1, 0.15) is 0 Å². The maximum absolute atomic E-state index is 11.5. The van der Waals surface area contributed by atoms with Crippen molar-refractivity contribution in [1.29, 1.82) is 0 Å². The SMILES string of the molecule is Cc1cc2c(C(=O)[O-])c(C)c(C)c(C(=O)O)c2cc1C. The van der Waals surface area contributed by atoms with E-state index < -0.39 is 11.9 Å². The molecule has 0 aromatic heterocycles. The van der Waals surface area contributed by atoms with Crippen LogP contribution < -0.4 is 5.11 Å². The summed E-state index contributed by atoms with van der Waals surface area (Å²) in [6.45, 7) is 6.97. The molecule has 2 aromatic carbocycles. The van der Waals surface area contributed by atoms with Crippen LogP contribution in [-0.4, -0.2) is 17.0 Å². The molecule has 0 saturated carbocycles. The zero-order valence-electron chi connectivity index (χ0n) is 11.8. The van der Waals surface area contributed by atoms with Gasteiger partial charge in [-0.25, -0.2) is 4.79 Å². The lowest BCUT2D eigenvalue weighted by Gasteiger charge is -2.18. The number of carbonyl (C=O) groups excluding carboxylic acids is 1. The highest BCUT2D eigenvalue weighted by Crippen LogP contribution is 2.31. The number of carbonyl (C=O) groups is 2. The second-order valence-corrected chi connectivity index (χ2v) is 5.07. The monoisotopic (exact) mass is 271 g/mol. The first-order valence-corrected chi connectivity index (χ1v) is 6.24. The summed E-state index contributed by atoms with van der Waals surface area (Å²) in [7, 11) is 0. The molecule has 20 heavy (non-hydrogen) atoms. The van der Waals surface area contributed by atoms with Crippen molar-refractivity contribution in [2.24, 2.45) is 0 Å². The summed E-state index contributed by atoms with van der Waals surface area (Å²) < 4.78 is 0. The summed E-state index contributed by atoms with van der Waals surface area (Å²) in [5.74, 6) is -2.33. The van der Waals surface area contributed by atoms with Crippen molar-refractivity contribution >= 4 is 22.7 Å². The van der Waals surface area contributed by atoms with Crippen LogP contribution >= 0.6 is 0 Å². The van der Waals surface area contributed by atoms with E-state index >= 15 is 0 Å². The van der Waals surface area contributed by atoms with Crippen LogP contribution in [0.3, 0.4) is 0 Å². The number of fused-ring (bicyclic) bond motifs is 1. The molecular formula is C16H15O4-. The van der Waals surface area contributed by atoms with E-state index in [1.165, 1.54) is 0 Å². The molecule has 0 heterocycles. The third-order valence-corrected chi connectivity index (χ3v) is 3.90.